The second-order valence-corrected chi connectivity index (χ2v) is 8.68. The molecule has 2 amide bonds. The summed E-state index contributed by atoms with van der Waals surface area (Å²) in [5.74, 6) is -0.0371. The number of thiophene rings is 1. The van der Waals surface area contributed by atoms with Gasteiger partial charge < -0.3 is 15.4 Å². The van der Waals surface area contributed by atoms with Crippen LogP contribution in [-0.4, -0.2) is 24.5 Å². The third kappa shape index (κ3) is 5.35. The highest BCUT2D eigenvalue weighted by Crippen LogP contribution is 2.26. The fourth-order valence-electron chi connectivity index (χ4n) is 3.15. The number of amides is 2. The van der Waals surface area contributed by atoms with E-state index in [0.29, 0.717) is 17.9 Å². The van der Waals surface area contributed by atoms with Gasteiger partial charge in [0.2, 0.25) is 5.91 Å². The summed E-state index contributed by atoms with van der Waals surface area (Å²) in [4.78, 5) is 28.1. The molecule has 0 unspecified atom stereocenters. The topological polar surface area (TPSA) is 67.4 Å². The van der Waals surface area contributed by atoms with E-state index in [1.165, 1.54) is 9.75 Å². The molecule has 2 aromatic rings. The average molecular weight is 403 g/mol. The maximum absolute atomic E-state index is 12.9. The van der Waals surface area contributed by atoms with Crippen LogP contribution in [0.2, 0.25) is 0 Å². The number of hydrogen-bond acceptors (Lipinski definition) is 4. The average Bonchev–Trinajstić information content (AvgIpc) is 2.98. The maximum Gasteiger partial charge on any atom is 0.255 e. The van der Waals surface area contributed by atoms with E-state index in [1.807, 2.05) is 33.8 Å². The van der Waals surface area contributed by atoms with Crippen molar-refractivity contribution in [2.24, 2.45) is 5.92 Å². The lowest BCUT2D eigenvalue weighted by atomic mass is 10.0. The minimum absolute atomic E-state index is 0.0549. The number of para-hydroxylation sites is 1. The molecule has 28 heavy (non-hydrogen) atoms. The summed E-state index contributed by atoms with van der Waals surface area (Å²) in [7, 11) is 0. The first kappa shape index (κ1) is 22.0. The molecular weight excluding hydrogens is 372 g/mol. The monoisotopic (exact) mass is 402 g/mol. The minimum atomic E-state index is -0.635. The first-order chi connectivity index (χ1) is 13.2. The van der Waals surface area contributed by atoms with Gasteiger partial charge >= 0.3 is 0 Å². The van der Waals surface area contributed by atoms with Gasteiger partial charge in [-0.15, -0.1) is 11.3 Å². The Morgan fingerprint density at radius 1 is 1.11 bits per heavy atom. The van der Waals surface area contributed by atoms with E-state index in [2.05, 4.69) is 30.5 Å². The predicted octanol–water partition coefficient (Wildman–Crippen LogP) is 4.40. The number of hydrogen-bond donors (Lipinski definition) is 2. The Kier molecular flexibility index (Phi) is 7.63. The number of aryl methyl sites for hydroxylation is 2. The van der Waals surface area contributed by atoms with Crippen molar-refractivity contribution in [2.75, 3.05) is 6.61 Å². The molecule has 0 saturated heterocycles. The van der Waals surface area contributed by atoms with Crippen molar-refractivity contribution in [3.63, 3.8) is 0 Å². The predicted molar refractivity (Wildman–Crippen MR) is 114 cm³/mol. The Labute approximate surface area is 171 Å². The van der Waals surface area contributed by atoms with Gasteiger partial charge in [0.1, 0.15) is 11.8 Å². The Balaban J connectivity index is 2.13. The summed E-state index contributed by atoms with van der Waals surface area (Å²) in [6, 6.07) is 8.41. The molecule has 0 aliphatic rings. The number of carbonyl (C=O) groups is 2. The van der Waals surface area contributed by atoms with Crippen molar-refractivity contribution in [1.82, 2.24) is 10.6 Å². The summed E-state index contributed by atoms with van der Waals surface area (Å²) in [6.45, 7) is 12.3. The molecule has 152 valence electrons. The molecule has 0 aliphatic heterocycles. The van der Waals surface area contributed by atoms with Crippen molar-refractivity contribution in [3.8, 4) is 5.75 Å². The van der Waals surface area contributed by atoms with Gasteiger partial charge in [0.05, 0.1) is 18.2 Å². The zero-order valence-corrected chi connectivity index (χ0v) is 18.3. The second kappa shape index (κ2) is 9.73. The SMILES string of the molecule is CCOc1ccccc1C(=O)N[C@H](C(=O)N[C@H](C)c1cc(C)sc1C)C(C)C. The lowest BCUT2D eigenvalue weighted by Crippen LogP contribution is -2.50. The zero-order chi connectivity index (χ0) is 20.8. The molecule has 5 nitrogen and oxygen atoms in total. The fraction of sp³-hybridized carbons (Fsp3) is 0.455. The molecule has 0 saturated carbocycles. The molecular formula is C22H30N2O3S. The van der Waals surface area contributed by atoms with Crippen LogP contribution in [0.3, 0.4) is 0 Å². The number of ether oxygens (including phenoxy) is 1. The van der Waals surface area contributed by atoms with Crippen LogP contribution in [-0.2, 0) is 4.79 Å². The summed E-state index contributed by atoms with van der Waals surface area (Å²) in [6.07, 6.45) is 0. The molecule has 6 heteroatoms. The molecule has 2 rings (SSSR count). The van der Waals surface area contributed by atoms with Crippen LogP contribution < -0.4 is 15.4 Å². The Bertz CT molecular complexity index is 829. The van der Waals surface area contributed by atoms with Gasteiger partial charge in [0.15, 0.2) is 0 Å². The van der Waals surface area contributed by atoms with Crippen LogP contribution in [0.15, 0.2) is 30.3 Å². The van der Waals surface area contributed by atoms with E-state index in [9.17, 15) is 9.59 Å². The molecule has 1 aromatic carbocycles. The first-order valence-electron chi connectivity index (χ1n) is 9.64. The maximum atomic E-state index is 12.9. The lowest BCUT2D eigenvalue weighted by Gasteiger charge is -2.24. The Morgan fingerprint density at radius 2 is 1.79 bits per heavy atom. The van der Waals surface area contributed by atoms with Gasteiger partial charge in [-0.3, -0.25) is 9.59 Å². The highest BCUT2D eigenvalue weighted by molar-refractivity contribution is 7.12. The summed E-state index contributed by atoms with van der Waals surface area (Å²) < 4.78 is 5.54. The van der Waals surface area contributed by atoms with Crippen molar-refractivity contribution in [3.05, 3.63) is 51.2 Å². The molecule has 0 fully saturated rings. The van der Waals surface area contributed by atoms with Crippen LogP contribution in [0.5, 0.6) is 5.75 Å². The second-order valence-electron chi connectivity index (χ2n) is 7.22. The van der Waals surface area contributed by atoms with Crippen LogP contribution in [0.1, 0.15) is 59.4 Å². The fourth-order valence-corrected chi connectivity index (χ4v) is 4.17. The van der Waals surface area contributed by atoms with E-state index >= 15 is 0 Å². The summed E-state index contributed by atoms with van der Waals surface area (Å²) in [5.41, 5.74) is 1.55. The third-order valence-corrected chi connectivity index (χ3v) is 5.55. The Morgan fingerprint density at radius 3 is 2.36 bits per heavy atom. The van der Waals surface area contributed by atoms with Gasteiger partial charge in [-0.05, 0) is 57.4 Å². The van der Waals surface area contributed by atoms with Gasteiger partial charge in [0.25, 0.3) is 5.91 Å². The normalized spacial score (nSPS) is 13.1. The highest BCUT2D eigenvalue weighted by atomic mass is 32.1. The minimum Gasteiger partial charge on any atom is -0.493 e. The zero-order valence-electron chi connectivity index (χ0n) is 17.5. The van der Waals surface area contributed by atoms with E-state index in [0.717, 1.165) is 5.56 Å². The first-order valence-corrected chi connectivity index (χ1v) is 10.5. The molecule has 2 N–H and O–H groups in total. The molecule has 1 aromatic heterocycles. The number of nitrogens with one attached hydrogen (secondary N) is 2. The lowest BCUT2D eigenvalue weighted by molar-refractivity contribution is -0.124. The largest absolute Gasteiger partial charge is 0.493 e. The Hall–Kier alpha value is -2.34. The van der Waals surface area contributed by atoms with E-state index in [4.69, 9.17) is 4.74 Å². The van der Waals surface area contributed by atoms with Crippen LogP contribution >= 0.6 is 11.3 Å². The van der Waals surface area contributed by atoms with Crippen molar-refractivity contribution < 1.29 is 14.3 Å². The summed E-state index contributed by atoms with van der Waals surface area (Å²) >= 11 is 1.72. The standard InChI is InChI=1S/C22H30N2O3S/c1-7-27-19-11-9-8-10-17(19)21(25)24-20(13(2)3)22(26)23-15(5)18-12-14(4)28-16(18)6/h8-13,15,20H,7H2,1-6H3,(H,23,26)(H,24,25)/t15-,20+/m1/s1. The molecule has 0 radical (unpaired) electrons. The molecule has 0 aliphatic carbocycles. The number of carbonyl (C=O) groups excluding carboxylic acids is 2. The number of benzene rings is 1. The molecule has 1 heterocycles. The van der Waals surface area contributed by atoms with Crippen molar-refractivity contribution in [2.45, 2.75) is 53.6 Å². The van der Waals surface area contributed by atoms with Crippen LogP contribution in [0.25, 0.3) is 0 Å². The smallest absolute Gasteiger partial charge is 0.255 e. The van der Waals surface area contributed by atoms with Gasteiger partial charge in [-0.2, -0.15) is 0 Å². The van der Waals surface area contributed by atoms with Gasteiger partial charge in [-0.25, -0.2) is 0 Å². The van der Waals surface area contributed by atoms with Crippen molar-refractivity contribution >= 4 is 23.2 Å². The quantitative estimate of drug-likeness (QED) is 0.688. The number of rotatable bonds is 8. The van der Waals surface area contributed by atoms with Crippen LogP contribution in [0.4, 0.5) is 0 Å². The van der Waals surface area contributed by atoms with E-state index in [-0.39, 0.29) is 23.8 Å². The van der Waals surface area contributed by atoms with E-state index in [1.54, 1.807) is 29.5 Å². The molecule has 0 spiro atoms. The van der Waals surface area contributed by atoms with Crippen molar-refractivity contribution in [1.29, 1.82) is 0 Å². The van der Waals surface area contributed by atoms with E-state index < -0.39 is 6.04 Å². The molecule has 0 bridgehead atoms. The molecule has 2 atom stereocenters. The summed E-state index contributed by atoms with van der Waals surface area (Å²) in [5, 5.41) is 5.93. The van der Waals surface area contributed by atoms with Gasteiger partial charge in [0, 0.05) is 9.75 Å². The third-order valence-electron chi connectivity index (χ3n) is 4.57. The van der Waals surface area contributed by atoms with Gasteiger partial charge in [-0.1, -0.05) is 26.0 Å². The highest BCUT2D eigenvalue weighted by Gasteiger charge is 2.27. The van der Waals surface area contributed by atoms with Crippen LogP contribution in [0, 0.1) is 19.8 Å².